The summed E-state index contributed by atoms with van der Waals surface area (Å²) in [6, 6.07) is 0. The summed E-state index contributed by atoms with van der Waals surface area (Å²) in [7, 11) is 0. The minimum absolute atomic E-state index is 1.02. The molecule has 0 unspecified atom stereocenters. The molecule has 0 fully saturated rings. The van der Waals surface area contributed by atoms with Crippen molar-refractivity contribution in [2.45, 2.75) is 33.1 Å². The molecular weight excluding hydrogens is 132 g/mol. The van der Waals surface area contributed by atoms with Crippen molar-refractivity contribution in [3.05, 3.63) is 37.5 Å². The van der Waals surface area contributed by atoms with Crippen LogP contribution in [-0.4, -0.2) is 0 Å². The SMILES string of the molecule is C=CC(=C)C.C=CCCCC. The van der Waals surface area contributed by atoms with Crippen molar-refractivity contribution < 1.29 is 0 Å². The van der Waals surface area contributed by atoms with Crippen LogP contribution in [0.1, 0.15) is 33.1 Å². The predicted molar refractivity (Wildman–Crippen MR) is 54.7 cm³/mol. The Morgan fingerprint density at radius 1 is 1.36 bits per heavy atom. The topological polar surface area (TPSA) is 0 Å². The van der Waals surface area contributed by atoms with Gasteiger partial charge in [-0.05, 0) is 13.3 Å². The molecule has 0 saturated carbocycles. The summed E-state index contributed by atoms with van der Waals surface area (Å²) in [6.45, 7) is 14.7. The molecule has 0 aromatic rings. The Hall–Kier alpha value is -0.780. The number of hydrogen-bond donors (Lipinski definition) is 0. The highest BCUT2D eigenvalue weighted by Gasteiger charge is 1.71. The molecule has 0 heterocycles. The molecule has 0 aliphatic rings. The number of hydrogen-bond acceptors (Lipinski definition) is 0. The molecule has 0 heteroatoms. The van der Waals surface area contributed by atoms with Gasteiger partial charge in [0, 0.05) is 0 Å². The van der Waals surface area contributed by atoms with Gasteiger partial charge < -0.3 is 0 Å². The van der Waals surface area contributed by atoms with Crippen LogP contribution in [0.3, 0.4) is 0 Å². The van der Waals surface area contributed by atoms with Crippen LogP contribution in [0, 0.1) is 0 Å². The third kappa shape index (κ3) is 27.0. The second-order valence-electron chi connectivity index (χ2n) is 2.48. The van der Waals surface area contributed by atoms with E-state index in [1.807, 2.05) is 13.0 Å². The van der Waals surface area contributed by atoms with E-state index in [-0.39, 0.29) is 0 Å². The van der Waals surface area contributed by atoms with Gasteiger partial charge in [-0.15, -0.1) is 6.58 Å². The first-order chi connectivity index (χ1) is 5.18. The van der Waals surface area contributed by atoms with Crippen molar-refractivity contribution in [2.75, 3.05) is 0 Å². The summed E-state index contributed by atoms with van der Waals surface area (Å²) in [5.41, 5.74) is 1.02. The average Bonchev–Trinajstić information content (AvgIpc) is 2.02. The molecule has 0 bridgehead atoms. The molecule has 64 valence electrons. The van der Waals surface area contributed by atoms with Gasteiger partial charge in [-0.25, -0.2) is 0 Å². The lowest BCUT2D eigenvalue weighted by molar-refractivity contribution is 0.816. The van der Waals surface area contributed by atoms with Gasteiger partial charge in [-0.2, -0.15) is 0 Å². The van der Waals surface area contributed by atoms with Crippen LogP contribution in [0.25, 0.3) is 0 Å². The lowest BCUT2D eigenvalue weighted by Gasteiger charge is -1.81. The highest BCUT2D eigenvalue weighted by atomic mass is 13.8. The second kappa shape index (κ2) is 12.0. The van der Waals surface area contributed by atoms with Gasteiger partial charge >= 0.3 is 0 Å². The van der Waals surface area contributed by atoms with Crippen LogP contribution in [0.5, 0.6) is 0 Å². The van der Waals surface area contributed by atoms with Gasteiger partial charge in [-0.1, -0.05) is 50.6 Å². The Bertz CT molecular complexity index is 109. The van der Waals surface area contributed by atoms with Gasteiger partial charge in [0.15, 0.2) is 0 Å². The predicted octanol–water partition coefficient (Wildman–Crippen LogP) is 4.11. The van der Waals surface area contributed by atoms with Crippen LogP contribution in [0.2, 0.25) is 0 Å². The Balaban J connectivity index is 0. The fourth-order valence-electron chi connectivity index (χ4n) is 0.348. The first-order valence-electron chi connectivity index (χ1n) is 4.07. The molecule has 0 atom stereocenters. The minimum atomic E-state index is 1.02. The van der Waals surface area contributed by atoms with Gasteiger partial charge in [-0.3, -0.25) is 0 Å². The number of allylic oxidation sites excluding steroid dienone is 3. The van der Waals surface area contributed by atoms with Crippen molar-refractivity contribution >= 4 is 0 Å². The molecule has 0 aromatic heterocycles. The Morgan fingerprint density at radius 2 is 1.82 bits per heavy atom. The van der Waals surface area contributed by atoms with E-state index < -0.39 is 0 Å². The number of unbranched alkanes of at least 4 members (excludes halogenated alkanes) is 2. The first kappa shape index (κ1) is 12.9. The zero-order valence-corrected chi connectivity index (χ0v) is 7.90. The average molecular weight is 152 g/mol. The van der Waals surface area contributed by atoms with Gasteiger partial charge in [0.2, 0.25) is 0 Å². The van der Waals surface area contributed by atoms with E-state index >= 15 is 0 Å². The molecule has 0 rings (SSSR count). The highest BCUT2D eigenvalue weighted by molar-refractivity contribution is 5.05. The standard InChI is InChI=1S/C6H12.C5H8/c1-3-5-6-4-2;1-4-5(2)3/h3H,1,4-6H2,2H3;4H,1-2H2,3H3. The van der Waals surface area contributed by atoms with Gasteiger partial charge in [0.25, 0.3) is 0 Å². The summed E-state index contributed by atoms with van der Waals surface area (Å²) in [4.78, 5) is 0. The Kier molecular flexibility index (Phi) is 14.0. The fourth-order valence-corrected chi connectivity index (χ4v) is 0.348. The summed E-state index contributed by atoms with van der Waals surface area (Å²) >= 11 is 0. The molecule has 0 spiro atoms. The van der Waals surface area contributed by atoms with Gasteiger partial charge in [0.05, 0.1) is 0 Å². The maximum absolute atomic E-state index is 3.60. The molecule has 0 aliphatic heterocycles. The summed E-state index contributed by atoms with van der Waals surface area (Å²) in [5.74, 6) is 0. The molecular formula is C11H20. The third-order valence-corrected chi connectivity index (χ3v) is 1.11. The molecule has 0 amide bonds. The normalized spacial score (nSPS) is 7.45. The monoisotopic (exact) mass is 152 g/mol. The molecule has 0 aliphatic carbocycles. The van der Waals surface area contributed by atoms with E-state index in [0.29, 0.717) is 0 Å². The first-order valence-corrected chi connectivity index (χ1v) is 4.07. The maximum atomic E-state index is 3.60. The Labute approximate surface area is 71.3 Å². The third-order valence-electron chi connectivity index (χ3n) is 1.11. The van der Waals surface area contributed by atoms with E-state index in [0.717, 1.165) is 5.57 Å². The quantitative estimate of drug-likeness (QED) is 0.323. The van der Waals surface area contributed by atoms with Crippen molar-refractivity contribution in [1.29, 1.82) is 0 Å². The highest BCUT2D eigenvalue weighted by Crippen LogP contribution is 1.91. The van der Waals surface area contributed by atoms with E-state index in [9.17, 15) is 0 Å². The molecule has 0 saturated heterocycles. The van der Waals surface area contributed by atoms with Crippen LogP contribution < -0.4 is 0 Å². The summed E-state index contributed by atoms with van der Waals surface area (Å²) in [5, 5.41) is 0. The van der Waals surface area contributed by atoms with Gasteiger partial charge in [0.1, 0.15) is 0 Å². The lowest BCUT2D eigenvalue weighted by Crippen LogP contribution is -1.61. The van der Waals surface area contributed by atoms with E-state index in [2.05, 4.69) is 26.7 Å². The van der Waals surface area contributed by atoms with Crippen molar-refractivity contribution in [3.8, 4) is 0 Å². The van der Waals surface area contributed by atoms with Crippen LogP contribution in [-0.2, 0) is 0 Å². The molecule has 11 heavy (non-hydrogen) atoms. The van der Waals surface area contributed by atoms with E-state index in [1.165, 1.54) is 19.3 Å². The molecule has 0 N–H and O–H groups in total. The smallest absolute Gasteiger partial charge is 0.0354 e. The van der Waals surface area contributed by atoms with Crippen LogP contribution >= 0.6 is 0 Å². The van der Waals surface area contributed by atoms with E-state index in [1.54, 1.807) is 6.08 Å². The molecule has 0 aromatic carbocycles. The lowest BCUT2D eigenvalue weighted by atomic mass is 10.3. The zero-order valence-electron chi connectivity index (χ0n) is 7.90. The molecule has 0 nitrogen and oxygen atoms in total. The number of rotatable bonds is 4. The zero-order chi connectivity index (χ0) is 9.11. The van der Waals surface area contributed by atoms with Crippen molar-refractivity contribution in [2.24, 2.45) is 0 Å². The van der Waals surface area contributed by atoms with Crippen molar-refractivity contribution in [1.82, 2.24) is 0 Å². The molecule has 0 radical (unpaired) electrons. The van der Waals surface area contributed by atoms with Crippen LogP contribution in [0.4, 0.5) is 0 Å². The largest absolute Gasteiger partial charge is 0.103 e. The summed E-state index contributed by atoms with van der Waals surface area (Å²) in [6.07, 6.45) is 7.44. The second-order valence-corrected chi connectivity index (χ2v) is 2.48. The maximum Gasteiger partial charge on any atom is -0.0354 e. The summed E-state index contributed by atoms with van der Waals surface area (Å²) < 4.78 is 0. The van der Waals surface area contributed by atoms with E-state index in [4.69, 9.17) is 0 Å². The fraction of sp³-hybridized carbons (Fsp3) is 0.455. The van der Waals surface area contributed by atoms with Crippen LogP contribution in [0.15, 0.2) is 37.5 Å². The van der Waals surface area contributed by atoms with Crippen molar-refractivity contribution in [3.63, 3.8) is 0 Å². The minimum Gasteiger partial charge on any atom is -0.103 e. The Morgan fingerprint density at radius 3 is 1.91 bits per heavy atom.